The van der Waals surface area contributed by atoms with Crippen molar-refractivity contribution in [2.75, 3.05) is 26.3 Å². The molecule has 5 N–H and O–H groups in total. The van der Waals surface area contributed by atoms with Crippen LogP contribution in [0.1, 0.15) is 6.42 Å². The molecule has 3 amide bonds. The third kappa shape index (κ3) is 5.77. The van der Waals surface area contributed by atoms with Crippen molar-refractivity contribution >= 4 is 17.7 Å². The first-order chi connectivity index (χ1) is 15.1. The predicted octanol–water partition coefficient (Wildman–Crippen LogP) is -1.68. The second-order valence-electron chi connectivity index (χ2n) is 7.00. The monoisotopic (exact) mass is 462 g/mol. The smallest absolute Gasteiger partial charge is 0.471 e. The van der Waals surface area contributed by atoms with Crippen LogP contribution in [-0.4, -0.2) is 83.7 Å². The molecule has 0 aromatic heterocycles. The molecule has 176 valence electrons. The Bertz CT molecular complexity index is 865. The first-order valence-corrected chi connectivity index (χ1v) is 9.53. The summed E-state index contributed by atoms with van der Waals surface area (Å²) in [6.07, 6.45) is -3.68. The molecule has 0 aromatic rings. The first kappa shape index (κ1) is 23.6. The van der Waals surface area contributed by atoms with Gasteiger partial charge in [0.15, 0.2) is 11.6 Å². The van der Waals surface area contributed by atoms with E-state index in [1.165, 1.54) is 17.2 Å². The number of hydrogen-bond donors (Lipinski definition) is 5. The largest absolute Gasteiger partial charge is 0.482 e. The number of alkyl halides is 3. The molecule has 11 nitrogen and oxygen atoms in total. The maximum Gasteiger partial charge on any atom is 0.471 e. The van der Waals surface area contributed by atoms with Crippen LogP contribution in [0.4, 0.5) is 13.2 Å². The van der Waals surface area contributed by atoms with Crippen LogP contribution in [0.25, 0.3) is 0 Å². The first-order valence-electron chi connectivity index (χ1n) is 9.53. The standard InChI is InChI=1S/C18H21F3N4O7/c19-18(20,21)17(30)23-4-3-22-13(28)2-1-9-6-25(14-5-10(27)11(7-26)32-14)15(12-8-31-12)24-16(9)29/h1-2,6,10-11,14,26-27H,3-5,7-8H2,(H,22,28)(H,23,30)(H,24,29)/b2-1+,15-12?. The molecule has 2 fully saturated rings. The summed E-state index contributed by atoms with van der Waals surface area (Å²) in [5, 5.41) is 25.8. The molecular formula is C18H21F3N4O7. The number of nitrogens with one attached hydrogen (secondary N) is 3. The van der Waals surface area contributed by atoms with Gasteiger partial charge in [0.1, 0.15) is 18.9 Å². The maximum absolute atomic E-state index is 12.4. The highest BCUT2D eigenvalue weighted by molar-refractivity contribution is 6.00. The van der Waals surface area contributed by atoms with Crippen molar-refractivity contribution < 1.29 is 47.2 Å². The lowest BCUT2D eigenvalue weighted by molar-refractivity contribution is -0.173. The van der Waals surface area contributed by atoms with E-state index < -0.39 is 48.9 Å². The van der Waals surface area contributed by atoms with E-state index in [-0.39, 0.29) is 25.1 Å². The van der Waals surface area contributed by atoms with E-state index in [9.17, 15) is 37.8 Å². The third-order valence-corrected chi connectivity index (χ3v) is 4.66. The summed E-state index contributed by atoms with van der Waals surface area (Å²) in [7, 11) is 0. The molecule has 3 atom stereocenters. The van der Waals surface area contributed by atoms with E-state index in [4.69, 9.17) is 9.47 Å². The molecule has 0 bridgehead atoms. The fourth-order valence-electron chi connectivity index (χ4n) is 2.99. The van der Waals surface area contributed by atoms with Crippen LogP contribution in [0.15, 0.2) is 35.5 Å². The Labute approximate surface area is 179 Å². The summed E-state index contributed by atoms with van der Waals surface area (Å²) >= 11 is 0. The summed E-state index contributed by atoms with van der Waals surface area (Å²) in [4.78, 5) is 36.4. The summed E-state index contributed by atoms with van der Waals surface area (Å²) in [5.74, 6) is -2.53. The molecule has 0 spiro atoms. The Morgan fingerprint density at radius 3 is 2.59 bits per heavy atom. The van der Waals surface area contributed by atoms with Crippen molar-refractivity contribution in [3.63, 3.8) is 0 Å². The molecule has 0 aliphatic carbocycles. The van der Waals surface area contributed by atoms with Crippen LogP contribution in [0.5, 0.6) is 0 Å². The molecule has 3 heterocycles. The molecular weight excluding hydrogens is 441 g/mol. The topological polar surface area (TPSA) is 153 Å². The summed E-state index contributed by atoms with van der Waals surface area (Å²) in [6.45, 7) is -0.775. The number of aliphatic hydroxyl groups excluding tert-OH is 2. The number of ether oxygens (including phenoxy) is 2. The number of rotatable bonds is 7. The van der Waals surface area contributed by atoms with Crippen molar-refractivity contribution in [2.45, 2.75) is 31.0 Å². The highest BCUT2D eigenvalue weighted by Crippen LogP contribution is 2.32. The van der Waals surface area contributed by atoms with E-state index in [0.29, 0.717) is 18.2 Å². The van der Waals surface area contributed by atoms with E-state index in [1.54, 1.807) is 5.32 Å². The average molecular weight is 462 g/mol. The van der Waals surface area contributed by atoms with Gasteiger partial charge in [0.2, 0.25) is 5.91 Å². The lowest BCUT2D eigenvalue weighted by Crippen LogP contribution is -2.43. The second kappa shape index (κ2) is 9.58. The lowest BCUT2D eigenvalue weighted by atomic mass is 10.1. The molecule has 0 radical (unpaired) electrons. The summed E-state index contributed by atoms with van der Waals surface area (Å²) < 4.78 is 47.0. The van der Waals surface area contributed by atoms with Gasteiger partial charge >= 0.3 is 12.1 Å². The number of hydrogen-bond acceptors (Lipinski definition) is 8. The summed E-state index contributed by atoms with van der Waals surface area (Å²) in [6, 6.07) is 0. The van der Waals surface area contributed by atoms with E-state index >= 15 is 0 Å². The minimum absolute atomic E-state index is 0.0565. The number of carbonyl (C=O) groups excluding carboxylic acids is 3. The maximum atomic E-state index is 12.4. The Kier molecular flexibility index (Phi) is 7.06. The van der Waals surface area contributed by atoms with E-state index in [0.717, 1.165) is 6.08 Å². The summed E-state index contributed by atoms with van der Waals surface area (Å²) in [5.41, 5.74) is 0.0565. The Hall–Kier alpha value is -3.10. The molecule has 3 aliphatic rings. The van der Waals surface area contributed by atoms with Crippen LogP contribution in [0, 0.1) is 0 Å². The normalized spacial score (nSPS) is 27.7. The fraction of sp³-hybridized carbons (Fsp3) is 0.500. The number of nitrogens with zero attached hydrogens (tertiary/aromatic N) is 1. The Balaban J connectivity index is 1.60. The van der Waals surface area contributed by atoms with Crippen molar-refractivity contribution in [2.24, 2.45) is 0 Å². The highest BCUT2D eigenvalue weighted by Gasteiger charge is 2.41. The number of carbonyl (C=O) groups is 3. The molecule has 14 heteroatoms. The van der Waals surface area contributed by atoms with E-state index in [1.807, 2.05) is 0 Å². The Morgan fingerprint density at radius 2 is 2.00 bits per heavy atom. The van der Waals surface area contributed by atoms with Crippen LogP contribution in [0.3, 0.4) is 0 Å². The van der Waals surface area contributed by atoms with Gasteiger partial charge in [-0.15, -0.1) is 0 Å². The number of epoxide rings is 1. The van der Waals surface area contributed by atoms with Crippen LogP contribution < -0.4 is 16.0 Å². The van der Waals surface area contributed by atoms with Gasteiger partial charge < -0.3 is 40.5 Å². The molecule has 32 heavy (non-hydrogen) atoms. The van der Waals surface area contributed by atoms with Gasteiger partial charge in [-0.25, -0.2) is 0 Å². The molecule has 2 saturated heterocycles. The van der Waals surface area contributed by atoms with E-state index in [2.05, 4.69) is 10.6 Å². The van der Waals surface area contributed by atoms with Crippen molar-refractivity contribution in [3.05, 3.63) is 35.5 Å². The SMILES string of the molecule is O=C(/C=C/C1=CN(C2CC(O)C(CO)O2)C(=C2CO2)NC1=O)NCCNC(=O)C(F)(F)F. The Morgan fingerprint density at radius 1 is 1.31 bits per heavy atom. The van der Waals surface area contributed by atoms with Gasteiger partial charge in [0, 0.05) is 31.8 Å². The third-order valence-electron chi connectivity index (χ3n) is 4.66. The lowest BCUT2D eigenvalue weighted by Gasteiger charge is -2.32. The van der Waals surface area contributed by atoms with Gasteiger partial charge in [-0.05, 0) is 6.08 Å². The van der Waals surface area contributed by atoms with Crippen LogP contribution >= 0.6 is 0 Å². The van der Waals surface area contributed by atoms with Crippen molar-refractivity contribution in [1.82, 2.24) is 20.9 Å². The number of amides is 3. The van der Waals surface area contributed by atoms with Crippen molar-refractivity contribution in [1.29, 1.82) is 0 Å². The molecule has 3 unspecified atom stereocenters. The minimum Gasteiger partial charge on any atom is -0.482 e. The van der Waals surface area contributed by atoms with Crippen LogP contribution in [-0.2, 0) is 23.9 Å². The second-order valence-corrected chi connectivity index (χ2v) is 7.00. The van der Waals surface area contributed by atoms with Gasteiger partial charge in [-0.3, -0.25) is 14.4 Å². The average Bonchev–Trinajstić information content (AvgIpc) is 3.51. The molecule has 3 rings (SSSR count). The highest BCUT2D eigenvalue weighted by atomic mass is 19.4. The zero-order valence-corrected chi connectivity index (χ0v) is 16.5. The molecule has 0 aromatic carbocycles. The zero-order chi connectivity index (χ0) is 23.5. The van der Waals surface area contributed by atoms with Gasteiger partial charge in [-0.2, -0.15) is 13.2 Å². The quantitative estimate of drug-likeness (QED) is 0.171. The predicted molar refractivity (Wildman–Crippen MR) is 98.6 cm³/mol. The number of aliphatic hydroxyl groups is 2. The van der Waals surface area contributed by atoms with Crippen LogP contribution in [0.2, 0.25) is 0 Å². The number of halogens is 3. The van der Waals surface area contributed by atoms with Gasteiger partial charge in [-0.1, -0.05) is 0 Å². The van der Waals surface area contributed by atoms with Gasteiger partial charge in [0.25, 0.3) is 5.91 Å². The zero-order valence-electron chi connectivity index (χ0n) is 16.5. The fourth-order valence-corrected chi connectivity index (χ4v) is 2.99. The van der Waals surface area contributed by atoms with Crippen molar-refractivity contribution in [3.8, 4) is 0 Å². The molecule has 3 aliphatic heterocycles. The minimum atomic E-state index is -5.01. The van der Waals surface area contributed by atoms with Gasteiger partial charge in [0.05, 0.1) is 18.3 Å². The molecule has 0 saturated carbocycles.